The minimum Gasteiger partial charge on any atom is -0.355 e. The second-order valence-corrected chi connectivity index (χ2v) is 6.52. The van der Waals surface area contributed by atoms with Gasteiger partial charge in [0.25, 0.3) is 0 Å². The van der Waals surface area contributed by atoms with Crippen molar-refractivity contribution in [3.63, 3.8) is 0 Å². The molecule has 0 unspecified atom stereocenters. The standard InChI is InChI=1S/C17H21N3O/c21-17(13-10-11-5-6-12(13)9-11)18-8-7-16-19-14-3-1-2-4-15(14)20-16/h1-4,11-13H,5-10H2,(H,18,21)(H,19,20)/t11-,12-,13-/m0/s1. The SMILES string of the molecule is O=C(NCCc1nc2ccccc2[nH]1)[C@H]1C[C@H]2CC[C@H]1C2. The first-order valence-electron chi connectivity index (χ1n) is 8.01. The van der Waals surface area contributed by atoms with Gasteiger partial charge in [0.15, 0.2) is 0 Å². The Morgan fingerprint density at radius 2 is 2.19 bits per heavy atom. The van der Waals surface area contributed by atoms with E-state index >= 15 is 0 Å². The molecule has 1 aromatic heterocycles. The summed E-state index contributed by atoms with van der Waals surface area (Å²) >= 11 is 0. The number of benzene rings is 1. The minimum absolute atomic E-state index is 0.262. The number of imidazole rings is 1. The van der Waals surface area contributed by atoms with E-state index in [1.54, 1.807) is 0 Å². The molecule has 2 N–H and O–H groups in total. The van der Waals surface area contributed by atoms with Gasteiger partial charge >= 0.3 is 0 Å². The third-order valence-electron chi connectivity index (χ3n) is 5.17. The molecule has 2 saturated carbocycles. The van der Waals surface area contributed by atoms with Crippen molar-refractivity contribution < 1.29 is 4.79 Å². The summed E-state index contributed by atoms with van der Waals surface area (Å²) in [5.41, 5.74) is 2.05. The van der Waals surface area contributed by atoms with Crippen LogP contribution in [0.4, 0.5) is 0 Å². The van der Waals surface area contributed by atoms with E-state index in [0.29, 0.717) is 12.5 Å². The molecular weight excluding hydrogens is 262 g/mol. The highest BCUT2D eigenvalue weighted by molar-refractivity contribution is 5.79. The van der Waals surface area contributed by atoms with Gasteiger partial charge in [-0.05, 0) is 43.2 Å². The third-order valence-corrected chi connectivity index (χ3v) is 5.17. The summed E-state index contributed by atoms with van der Waals surface area (Å²) in [5.74, 6) is 2.96. The Morgan fingerprint density at radius 1 is 1.29 bits per heavy atom. The Kier molecular flexibility index (Phi) is 3.17. The fraction of sp³-hybridized carbons (Fsp3) is 0.529. The number of nitrogens with zero attached hydrogens (tertiary/aromatic N) is 1. The van der Waals surface area contributed by atoms with E-state index in [0.717, 1.165) is 35.6 Å². The molecule has 21 heavy (non-hydrogen) atoms. The zero-order chi connectivity index (χ0) is 14.2. The van der Waals surface area contributed by atoms with Gasteiger partial charge in [-0.25, -0.2) is 4.98 Å². The number of hydrogen-bond acceptors (Lipinski definition) is 2. The van der Waals surface area contributed by atoms with E-state index in [1.165, 1.54) is 19.3 Å². The second-order valence-electron chi connectivity index (χ2n) is 6.52. The van der Waals surface area contributed by atoms with Crippen LogP contribution < -0.4 is 5.32 Å². The van der Waals surface area contributed by atoms with Crippen LogP contribution in [0.2, 0.25) is 0 Å². The first kappa shape index (κ1) is 12.9. The lowest BCUT2D eigenvalue weighted by molar-refractivity contribution is -0.126. The van der Waals surface area contributed by atoms with Crippen LogP contribution in [0.15, 0.2) is 24.3 Å². The summed E-state index contributed by atoms with van der Waals surface area (Å²) in [6.07, 6.45) is 5.75. The summed E-state index contributed by atoms with van der Waals surface area (Å²) in [6.45, 7) is 0.673. The van der Waals surface area contributed by atoms with Crippen molar-refractivity contribution in [3.8, 4) is 0 Å². The van der Waals surface area contributed by atoms with Crippen molar-refractivity contribution in [2.24, 2.45) is 17.8 Å². The number of aromatic amines is 1. The lowest BCUT2D eigenvalue weighted by Gasteiger charge is -2.20. The molecule has 0 spiro atoms. The van der Waals surface area contributed by atoms with Gasteiger partial charge < -0.3 is 10.3 Å². The molecule has 0 saturated heterocycles. The number of amides is 1. The van der Waals surface area contributed by atoms with Crippen LogP contribution >= 0.6 is 0 Å². The summed E-state index contributed by atoms with van der Waals surface area (Å²) < 4.78 is 0. The van der Waals surface area contributed by atoms with Crippen LogP contribution in [-0.2, 0) is 11.2 Å². The Balaban J connectivity index is 1.32. The summed E-state index contributed by atoms with van der Waals surface area (Å²) in [6, 6.07) is 8.02. The average Bonchev–Trinajstić information content (AvgIpc) is 3.21. The topological polar surface area (TPSA) is 57.8 Å². The fourth-order valence-electron chi connectivity index (χ4n) is 4.13. The first-order valence-corrected chi connectivity index (χ1v) is 8.01. The smallest absolute Gasteiger partial charge is 0.223 e. The predicted octanol–water partition coefficient (Wildman–Crippen LogP) is 2.66. The molecule has 2 bridgehead atoms. The number of aromatic nitrogens is 2. The minimum atomic E-state index is 0.262. The summed E-state index contributed by atoms with van der Waals surface area (Å²) in [4.78, 5) is 20.1. The van der Waals surface area contributed by atoms with Crippen LogP contribution in [-0.4, -0.2) is 22.4 Å². The Hall–Kier alpha value is -1.84. The molecule has 2 fully saturated rings. The van der Waals surface area contributed by atoms with E-state index in [4.69, 9.17) is 0 Å². The molecule has 2 aliphatic carbocycles. The molecule has 0 radical (unpaired) electrons. The van der Waals surface area contributed by atoms with Gasteiger partial charge in [0.2, 0.25) is 5.91 Å². The number of fused-ring (bicyclic) bond motifs is 3. The number of para-hydroxylation sites is 2. The maximum absolute atomic E-state index is 12.3. The first-order chi connectivity index (χ1) is 10.3. The Bertz CT molecular complexity index is 630. The zero-order valence-electron chi connectivity index (χ0n) is 12.1. The molecule has 110 valence electrons. The maximum Gasteiger partial charge on any atom is 0.223 e. The molecule has 4 heteroatoms. The van der Waals surface area contributed by atoms with Crippen molar-refractivity contribution in [1.82, 2.24) is 15.3 Å². The largest absolute Gasteiger partial charge is 0.355 e. The maximum atomic E-state index is 12.3. The van der Waals surface area contributed by atoms with Gasteiger partial charge in [0, 0.05) is 18.9 Å². The summed E-state index contributed by atoms with van der Waals surface area (Å²) in [7, 11) is 0. The zero-order valence-corrected chi connectivity index (χ0v) is 12.1. The van der Waals surface area contributed by atoms with Crippen LogP contribution in [0.3, 0.4) is 0 Å². The quantitative estimate of drug-likeness (QED) is 0.906. The van der Waals surface area contributed by atoms with E-state index < -0.39 is 0 Å². The molecule has 2 aromatic rings. The fourth-order valence-corrected chi connectivity index (χ4v) is 4.13. The van der Waals surface area contributed by atoms with Crippen molar-refractivity contribution in [2.75, 3.05) is 6.54 Å². The van der Waals surface area contributed by atoms with Gasteiger partial charge in [-0.3, -0.25) is 4.79 Å². The molecule has 0 aliphatic heterocycles. The molecule has 4 nitrogen and oxygen atoms in total. The van der Waals surface area contributed by atoms with Crippen LogP contribution in [0.1, 0.15) is 31.5 Å². The van der Waals surface area contributed by atoms with Crippen molar-refractivity contribution in [1.29, 1.82) is 0 Å². The Morgan fingerprint density at radius 3 is 2.95 bits per heavy atom. The van der Waals surface area contributed by atoms with E-state index in [1.807, 2.05) is 24.3 Å². The number of carbonyl (C=O) groups excluding carboxylic acids is 1. The van der Waals surface area contributed by atoms with Crippen LogP contribution in [0.5, 0.6) is 0 Å². The van der Waals surface area contributed by atoms with E-state index in [2.05, 4.69) is 15.3 Å². The monoisotopic (exact) mass is 283 g/mol. The number of hydrogen-bond donors (Lipinski definition) is 2. The highest BCUT2D eigenvalue weighted by Gasteiger charge is 2.42. The predicted molar refractivity (Wildman–Crippen MR) is 81.7 cm³/mol. The van der Waals surface area contributed by atoms with Gasteiger partial charge in [-0.2, -0.15) is 0 Å². The number of H-pyrrole nitrogens is 1. The molecule has 3 atom stereocenters. The highest BCUT2D eigenvalue weighted by atomic mass is 16.1. The van der Waals surface area contributed by atoms with Crippen molar-refractivity contribution >= 4 is 16.9 Å². The molecule has 1 heterocycles. The molecular formula is C17H21N3O. The highest BCUT2D eigenvalue weighted by Crippen LogP contribution is 2.48. The summed E-state index contributed by atoms with van der Waals surface area (Å²) in [5, 5.41) is 3.10. The number of rotatable bonds is 4. The third kappa shape index (κ3) is 2.43. The molecule has 4 rings (SSSR count). The normalized spacial score (nSPS) is 27.3. The van der Waals surface area contributed by atoms with Crippen molar-refractivity contribution in [3.05, 3.63) is 30.1 Å². The lowest BCUT2D eigenvalue weighted by atomic mass is 9.88. The van der Waals surface area contributed by atoms with Gasteiger partial charge in [-0.15, -0.1) is 0 Å². The molecule has 1 amide bonds. The van der Waals surface area contributed by atoms with E-state index in [9.17, 15) is 4.79 Å². The lowest BCUT2D eigenvalue weighted by Crippen LogP contribution is -2.34. The van der Waals surface area contributed by atoms with Crippen molar-refractivity contribution in [2.45, 2.75) is 32.1 Å². The number of nitrogens with one attached hydrogen (secondary N) is 2. The van der Waals surface area contributed by atoms with Gasteiger partial charge in [-0.1, -0.05) is 18.6 Å². The van der Waals surface area contributed by atoms with Crippen LogP contribution in [0, 0.1) is 17.8 Å². The molecule has 1 aromatic carbocycles. The van der Waals surface area contributed by atoms with Gasteiger partial charge in [0.1, 0.15) is 5.82 Å². The van der Waals surface area contributed by atoms with E-state index in [-0.39, 0.29) is 11.8 Å². The van der Waals surface area contributed by atoms with Gasteiger partial charge in [0.05, 0.1) is 11.0 Å². The van der Waals surface area contributed by atoms with Crippen LogP contribution in [0.25, 0.3) is 11.0 Å². The number of carbonyl (C=O) groups is 1. The Labute approximate surface area is 124 Å². The average molecular weight is 283 g/mol. The second kappa shape index (κ2) is 5.17. The molecule has 2 aliphatic rings.